The van der Waals surface area contributed by atoms with Gasteiger partial charge in [-0.1, -0.05) is 47.8 Å². The molecule has 1 aliphatic rings. The Balaban J connectivity index is 1.51. The van der Waals surface area contributed by atoms with Crippen molar-refractivity contribution in [3.8, 4) is 0 Å². The summed E-state index contributed by atoms with van der Waals surface area (Å²) in [5.41, 5.74) is 1.83. The molecule has 2 amide bonds. The van der Waals surface area contributed by atoms with Crippen molar-refractivity contribution < 1.29 is 18.0 Å². The van der Waals surface area contributed by atoms with Crippen LogP contribution < -0.4 is 14.9 Å². The first kappa shape index (κ1) is 25.0. The zero-order chi connectivity index (χ0) is 25.0. The van der Waals surface area contributed by atoms with Gasteiger partial charge in [-0.05, 0) is 61.4 Å². The van der Waals surface area contributed by atoms with Crippen LogP contribution in [0.15, 0.2) is 66.7 Å². The number of anilines is 3. The minimum Gasteiger partial charge on any atom is -0.322 e. The van der Waals surface area contributed by atoms with E-state index in [0.717, 1.165) is 12.8 Å². The normalized spacial score (nSPS) is 15.2. The Morgan fingerprint density at radius 2 is 1.57 bits per heavy atom. The molecule has 0 radical (unpaired) electrons. The molecular weight excluding hydrogens is 509 g/mol. The van der Waals surface area contributed by atoms with Crippen molar-refractivity contribution in [2.75, 3.05) is 27.2 Å². The zero-order valence-corrected chi connectivity index (χ0v) is 21.0. The Labute approximate surface area is 214 Å². The van der Waals surface area contributed by atoms with E-state index in [4.69, 9.17) is 23.2 Å². The first-order chi connectivity index (χ1) is 16.7. The second-order valence-corrected chi connectivity index (χ2v) is 10.9. The van der Waals surface area contributed by atoms with E-state index in [2.05, 4.69) is 10.6 Å². The Bertz CT molecular complexity index is 1360. The largest absolute Gasteiger partial charge is 0.322 e. The van der Waals surface area contributed by atoms with Gasteiger partial charge in [0, 0.05) is 17.8 Å². The number of nitrogens with zero attached hydrogens (tertiary/aromatic N) is 1. The standard InChI is InChI=1S/C25H23Cl2N3O4S/c26-21-12-9-18(15-23(21)29-24(31)17-7-3-1-4-8-17)28-25(32)20-11-10-19(16-22(20)27)30-13-5-2-6-14-35(30,33)34/h1,3-4,7-12,15-16H,2,5-6,13-14H2,(H,28,32)(H,29,31). The fourth-order valence-corrected chi connectivity index (χ4v) is 5.84. The summed E-state index contributed by atoms with van der Waals surface area (Å²) in [6.45, 7) is 0.381. The van der Waals surface area contributed by atoms with Crippen LogP contribution in [0.4, 0.5) is 17.1 Å². The third-order valence-electron chi connectivity index (χ3n) is 5.59. The Hall–Kier alpha value is -3.07. The lowest BCUT2D eigenvalue weighted by molar-refractivity contribution is 0.101. The Morgan fingerprint density at radius 1 is 0.800 bits per heavy atom. The molecule has 0 atom stereocenters. The quantitative estimate of drug-likeness (QED) is 0.433. The highest BCUT2D eigenvalue weighted by Gasteiger charge is 2.25. The summed E-state index contributed by atoms with van der Waals surface area (Å²) in [5.74, 6) is -0.729. The number of carbonyl (C=O) groups excluding carboxylic acids is 2. The lowest BCUT2D eigenvalue weighted by Crippen LogP contribution is -2.32. The number of hydrogen-bond acceptors (Lipinski definition) is 4. The van der Waals surface area contributed by atoms with Crippen molar-refractivity contribution in [2.45, 2.75) is 19.3 Å². The van der Waals surface area contributed by atoms with E-state index < -0.39 is 15.9 Å². The molecule has 3 aromatic rings. The van der Waals surface area contributed by atoms with Gasteiger partial charge in [-0.3, -0.25) is 13.9 Å². The van der Waals surface area contributed by atoms with Gasteiger partial charge in [0.25, 0.3) is 11.8 Å². The van der Waals surface area contributed by atoms with E-state index in [1.807, 2.05) is 6.07 Å². The SMILES string of the molecule is O=C(Nc1cc(NC(=O)c2ccc(N3CCCCCS3(=O)=O)cc2Cl)ccc1Cl)c1ccccc1. The van der Waals surface area contributed by atoms with Crippen LogP contribution in [0.25, 0.3) is 0 Å². The van der Waals surface area contributed by atoms with Crippen molar-refractivity contribution in [1.82, 2.24) is 0 Å². The van der Waals surface area contributed by atoms with Crippen LogP contribution in [0, 0.1) is 0 Å². The van der Waals surface area contributed by atoms with Crippen molar-refractivity contribution in [3.05, 3.63) is 87.9 Å². The van der Waals surface area contributed by atoms with Crippen LogP contribution in [0.3, 0.4) is 0 Å². The molecule has 2 N–H and O–H groups in total. The lowest BCUT2D eigenvalue weighted by Gasteiger charge is -2.22. The first-order valence-corrected chi connectivity index (χ1v) is 13.4. The summed E-state index contributed by atoms with van der Waals surface area (Å²) in [6.07, 6.45) is 2.24. The maximum absolute atomic E-state index is 12.9. The molecule has 0 aromatic heterocycles. The van der Waals surface area contributed by atoms with Gasteiger partial charge >= 0.3 is 0 Å². The van der Waals surface area contributed by atoms with Crippen molar-refractivity contribution in [3.63, 3.8) is 0 Å². The molecule has 0 saturated carbocycles. The molecule has 35 heavy (non-hydrogen) atoms. The highest BCUT2D eigenvalue weighted by Crippen LogP contribution is 2.30. The maximum atomic E-state index is 12.9. The number of nitrogens with one attached hydrogen (secondary N) is 2. The predicted octanol–water partition coefficient (Wildman–Crippen LogP) is 5.82. The summed E-state index contributed by atoms with van der Waals surface area (Å²) < 4.78 is 26.5. The summed E-state index contributed by atoms with van der Waals surface area (Å²) >= 11 is 12.6. The first-order valence-electron chi connectivity index (χ1n) is 11.0. The molecule has 3 aromatic carbocycles. The molecule has 0 unspecified atom stereocenters. The lowest BCUT2D eigenvalue weighted by atomic mass is 10.1. The second-order valence-electron chi connectivity index (χ2n) is 8.08. The summed E-state index contributed by atoms with van der Waals surface area (Å²) in [7, 11) is -3.42. The number of rotatable bonds is 5. The van der Waals surface area contributed by atoms with Gasteiger partial charge < -0.3 is 10.6 Å². The van der Waals surface area contributed by atoms with Crippen LogP contribution >= 0.6 is 23.2 Å². The zero-order valence-electron chi connectivity index (χ0n) is 18.6. The molecular formula is C25H23Cl2N3O4S. The highest BCUT2D eigenvalue weighted by atomic mass is 35.5. The third kappa shape index (κ3) is 5.96. The number of hydrogen-bond donors (Lipinski definition) is 2. The van der Waals surface area contributed by atoms with Gasteiger partial charge in [0.2, 0.25) is 10.0 Å². The Kier molecular flexibility index (Phi) is 7.64. The van der Waals surface area contributed by atoms with Crippen molar-refractivity contribution >= 4 is 62.1 Å². The molecule has 1 heterocycles. The van der Waals surface area contributed by atoms with Crippen LogP contribution in [0.5, 0.6) is 0 Å². The van der Waals surface area contributed by atoms with Gasteiger partial charge in [-0.15, -0.1) is 0 Å². The molecule has 4 rings (SSSR count). The monoisotopic (exact) mass is 531 g/mol. The van der Waals surface area contributed by atoms with E-state index in [0.29, 0.717) is 40.6 Å². The smallest absolute Gasteiger partial charge is 0.257 e. The van der Waals surface area contributed by atoms with Gasteiger partial charge in [0.05, 0.1) is 32.7 Å². The van der Waals surface area contributed by atoms with E-state index >= 15 is 0 Å². The number of carbonyl (C=O) groups is 2. The van der Waals surface area contributed by atoms with Gasteiger partial charge in [0.1, 0.15) is 0 Å². The van der Waals surface area contributed by atoms with Crippen LogP contribution in [-0.4, -0.2) is 32.5 Å². The molecule has 7 nitrogen and oxygen atoms in total. The van der Waals surface area contributed by atoms with Crippen molar-refractivity contribution in [2.24, 2.45) is 0 Å². The Morgan fingerprint density at radius 3 is 2.31 bits per heavy atom. The van der Waals surface area contributed by atoms with E-state index in [1.54, 1.807) is 48.5 Å². The maximum Gasteiger partial charge on any atom is 0.257 e. The number of halogens is 2. The molecule has 10 heteroatoms. The minimum absolute atomic E-state index is 0.0898. The van der Waals surface area contributed by atoms with Gasteiger partial charge in [-0.2, -0.15) is 0 Å². The fourth-order valence-electron chi connectivity index (χ4n) is 3.78. The molecule has 0 spiro atoms. The van der Waals surface area contributed by atoms with E-state index in [1.165, 1.54) is 16.4 Å². The summed E-state index contributed by atoms with van der Waals surface area (Å²) in [5, 5.41) is 5.92. The second kappa shape index (κ2) is 10.7. The van der Waals surface area contributed by atoms with Crippen LogP contribution in [-0.2, 0) is 10.0 Å². The fraction of sp³-hybridized carbons (Fsp3) is 0.200. The highest BCUT2D eigenvalue weighted by molar-refractivity contribution is 7.92. The molecule has 1 fully saturated rings. The topological polar surface area (TPSA) is 95.6 Å². The molecule has 1 aliphatic heterocycles. The number of benzene rings is 3. The van der Waals surface area contributed by atoms with Gasteiger partial charge in [-0.25, -0.2) is 8.42 Å². The molecule has 1 saturated heterocycles. The molecule has 0 aliphatic carbocycles. The van der Waals surface area contributed by atoms with E-state index in [-0.39, 0.29) is 22.2 Å². The summed E-state index contributed by atoms with van der Waals surface area (Å²) in [4.78, 5) is 25.4. The molecule has 0 bridgehead atoms. The molecule has 182 valence electrons. The van der Waals surface area contributed by atoms with E-state index in [9.17, 15) is 18.0 Å². The minimum atomic E-state index is -3.42. The number of amides is 2. The number of sulfonamides is 1. The van der Waals surface area contributed by atoms with Crippen LogP contribution in [0.1, 0.15) is 40.0 Å². The van der Waals surface area contributed by atoms with Crippen LogP contribution in [0.2, 0.25) is 10.0 Å². The average Bonchev–Trinajstić information content (AvgIpc) is 3.01. The average molecular weight is 532 g/mol. The predicted molar refractivity (Wildman–Crippen MR) is 140 cm³/mol. The summed E-state index contributed by atoms with van der Waals surface area (Å²) in [6, 6.07) is 18.0. The van der Waals surface area contributed by atoms with Gasteiger partial charge in [0.15, 0.2) is 0 Å². The third-order valence-corrected chi connectivity index (χ3v) is 8.10. The van der Waals surface area contributed by atoms with Crippen molar-refractivity contribution in [1.29, 1.82) is 0 Å².